The molecule has 0 aliphatic carbocycles. The summed E-state index contributed by atoms with van der Waals surface area (Å²) in [6, 6.07) is 20.0. The summed E-state index contributed by atoms with van der Waals surface area (Å²) >= 11 is 0. The highest BCUT2D eigenvalue weighted by Gasteiger charge is 2.56. The quantitative estimate of drug-likeness (QED) is 0.532. The third-order valence-electron chi connectivity index (χ3n) is 4.67. The Morgan fingerprint density at radius 2 is 1.64 bits per heavy atom. The van der Waals surface area contributed by atoms with E-state index in [-0.39, 0.29) is 10.9 Å². The van der Waals surface area contributed by atoms with Gasteiger partial charge in [0.15, 0.2) is 0 Å². The molecule has 1 aliphatic heterocycles. The van der Waals surface area contributed by atoms with E-state index in [4.69, 9.17) is 6.42 Å². The predicted octanol–water partition coefficient (Wildman–Crippen LogP) is 3.90. The molecule has 3 nitrogen and oxygen atoms in total. The number of rotatable bonds is 3. The molecule has 0 saturated carbocycles. The number of fused-ring (bicyclic) bond motifs is 1. The summed E-state index contributed by atoms with van der Waals surface area (Å²) in [4.78, 5) is 0.279. The van der Waals surface area contributed by atoms with Crippen molar-refractivity contribution in [1.29, 1.82) is 0 Å². The Balaban J connectivity index is 1.79. The van der Waals surface area contributed by atoms with Crippen molar-refractivity contribution in [2.45, 2.75) is 23.9 Å². The van der Waals surface area contributed by atoms with Crippen molar-refractivity contribution < 1.29 is 8.42 Å². The molecule has 1 aliphatic rings. The minimum atomic E-state index is -3.62. The van der Waals surface area contributed by atoms with Gasteiger partial charge >= 0.3 is 0 Å². The third-order valence-corrected chi connectivity index (χ3v) is 6.54. The lowest BCUT2D eigenvalue weighted by atomic mass is 10.0. The molecule has 1 saturated heterocycles. The number of terminal acetylenes is 1. The zero-order chi connectivity index (χ0) is 17.6. The molecular weight excluding hydrogens is 330 g/mol. The number of aryl methyl sites for hydroxylation is 1. The molecule has 0 radical (unpaired) electrons. The number of nitrogens with zero attached hydrogens (tertiary/aromatic N) is 1. The van der Waals surface area contributed by atoms with Crippen LogP contribution in [0.15, 0.2) is 71.6 Å². The number of sulfonamides is 1. The summed E-state index contributed by atoms with van der Waals surface area (Å²) in [6.07, 6.45) is 5.64. The van der Waals surface area contributed by atoms with Crippen LogP contribution in [0, 0.1) is 19.3 Å². The Hall–Kier alpha value is -2.61. The van der Waals surface area contributed by atoms with Crippen molar-refractivity contribution in [3.63, 3.8) is 0 Å². The summed E-state index contributed by atoms with van der Waals surface area (Å²) in [7, 11) is -3.62. The second-order valence-electron chi connectivity index (χ2n) is 6.27. The molecule has 4 heteroatoms. The largest absolute Gasteiger partial charge is 0.244 e. The molecule has 1 heterocycles. The molecule has 1 fully saturated rings. The van der Waals surface area contributed by atoms with Crippen LogP contribution in [0.5, 0.6) is 0 Å². The van der Waals surface area contributed by atoms with Crippen molar-refractivity contribution in [1.82, 2.24) is 4.31 Å². The van der Waals surface area contributed by atoms with Gasteiger partial charge in [-0.2, -0.15) is 4.31 Å². The summed E-state index contributed by atoms with van der Waals surface area (Å²) in [5.41, 5.74) is 1.97. The van der Waals surface area contributed by atoms with E-state index < -0.39 is 16.1 Å². The van der Waals surface area contributed by atoms with E-state index in [1.807, 2.05) is 49.4 Å². The summed E-state index contributed by atoms with van der Waals surface area (Å²) < 4.78 is 27.5. The SMILES string of the molecule is C#CC1C(c2cccc3ccccc23)N1S(=O)(=O)c1ccc(C)cc1. The topological polar surface area (TPSA) is 37.1 Å². The third kappa shape index (κ3) is 2.53. The van der Waals surface area contributed by atoms with Gasteiger partial charge in [-0.3, -0.25) is 0 Å². The number of hydrogen-bond acceptors (Lipinski definition) is 2. The predicted molar refractivity (Wildman–Crippen MR) is 99.5 cm³/mol. The molecular formula is C21H17NO2S. The van der Waals surface area contributed by atoms with Crippen LogP contribution in [-0.2, 0) is 10.0 Å². The smallest absolute Gasteiger partial charge is 0.207 e. The Morgan fingerprint density at radius 3 is 2.36 bits per heavy atom. The van der Waals surface area contributed by atoms with Crippen LogP contribution in [-0.4, -0.2) is 18.8 Å². The van der Waals surface area contributed by atoms with Crippen molar-refractivity contribution >= 4 is 20.8 Å². The zero-order valence-corrected chi connectivity index (χ0v) is 14.6. The fourth-order valence-electron chi connectivity index (χ4n) is 3.32. The minimum absolute atomic E-state index is 0.279. The summed E-state index contributed by atoms with van der Waals surface area (Å²) in [5.74, 6) is 2.64. The lowest BCUT2D eigenvalue weighted by molar-refractivity contribution is 0.551. The molecule has 3 atom stereocenters. The average molecular weight is 347 g/mol. The lowest BCUT2D eigenvalue weighted by Crippen LogP contribution is -2.14. The second-order valence-corrected chi connectivity index (χ2v) is 8.12. The molecule has 0 aromatic heterocycles. The Morgan fingerprint density at radius 1 is 0.960 bits per heavy atom. The first-order chi connectivity index (χ1) is 12.0. The highest BCUT2D eigenvalue weighted by atomic mass is 32.2. The minimum Gasteiger partial charge on any atom is -0.207 e. The molecule has 0 spiro atoms. The van der Waals surface area contributed by atoms with E-state index >= 15 is 0 Å². The van der Waals surface area contributed by atoms with Crippen LogP contribution < -0.4 is 0 Å². The normalized spacial score (nSPS) is 22.5. The van der Waals surface area contributed by atoms with E-state index in [2.05, 4.69) is 5.92 Å². The van der Waals surface area contributed by atoms with Crippen LogP contribution in [0.1, 0.15) is 17.2 Å². The van der Waals surface area contributed by atoms with Gasteiger partial charge in [-0.15, -0.1) is 6.42 Å². The van der Waals surface area contributed by atoms with Gasteiger partial charge in [-0.05, 0) is 35.4 Å². The molecule has 3 aromatic rings. The summed E-state index contributed by atoms with van der Waals surface area (Å²) in [5, 5.41) is 2.12. The van der Waals surface area contributed by atoms with Crippen molar-refractivity contribution in [3.05, 3.63) is 77.9 Å². The zero-order valence-electron chi connectivity index (χ0n) is 13.8. The highest BCUT2D eigenvalue weighted by Crippen LogP contribution is 2.49. The summed E-state index contributed by atoms with van der Waals surface area (Å²) in [6.45, 7) is 1.93. The molecule has 0 amide bonds. The lowest BCUT2D eigenvalue weighted by Gasteiger charge is -2.08. The van der Waals surface area contributed by atoms with Gasteiger partial charge in [-0.25, -0.2) is 8.42 Å². The van der Waals surface area contributed by atoms with Gasteiger partial charge in [0, 0.05) is 0 Å². The highest BCUT2D eigenvalue weighted by molar-refractivity contribution is 7.89. The van der Waals surface area contributed by atoms with E-state index in [1.165, 1.54) is 4.31 Å². The molecule has 3 unspecified atom stereocenters. The van der Waals surface area contributed by atoms with Crippen LogP contribution in [0.25, 0.3) is 10.8 Å². The molecule has 0 bridgehead atoms. The molecule has 0 N–H and O–H groups in total. The van der Waals surface area contributed by atoms with Gasteiger partial charge in [0.25, 0.3) is 0 Å². The fourth-order valence-corrected chi connectivity index (χ4v) is 4.99. The first-order valence-electron chi connectivity index (χ1n) is 8.08. The monoisotopic (exact) mass is 347 g/mol. The van der Waals surface area contributed by atoms with E-state index in [0.717, 1.165) is 21.9 Å². The second kappa shape index (κ2) is 5.73. The Kier molecular flexibility index (Phi) is 3.64. The number of hydrogen-bond donors (Lipinski definition) is 0. The number of benzene rings is 3. The molecule has 3 aromatic carbocycles. The first-order valence-corrected chi connectivity index (χ1v) is 9.52. The maximum Gasteiger partial charge on any atom is 0.244 e. The van der Waals surface area contributed by atoms with Gasteiger partial charge in [0.1, 0.15) is 6.04 Å². The molecule has 4 rings (SSSR count). The first kappa shape index (κ1) is 15.9. The van der Waals surface area contributed by atoms with Crippen LogP contribution in [0.3, 0.4) is 0 Å². The van der Waals surface area contributed by atoms with Crippen molar-refractivity contribution in [3.8, 4) is 12.3 Å². The standard InChI is InChI=1S/C21H17NO2S/c1-3-20-21(19-10-6-8-16-7-4-5-9-18(16)19)22(20)25(23,24)17-13-11-15(2)12-14-17/h1,4-14,20-21H,2H3. The Bertz CT molecular complexity index is 1090. The van der Waals surface area contributed by atoms with Crippen LogP contribution in [0.2, 0.25) is 0 Å². The van der Waals surface area contributed by atoms with Gasteiger partial charge in [-0.1, -0.05) is 66.1 Å². The van der Waals surface area contributed by atoms with Gasteiger partial charge in [0.2, 0.25) is 10.0 Å². The molecule has 25 heavy (non-hydrogen) atoms. The van der Waals surface area contributed by atoms with E-state index in [1.54, 1.807) is 24.3 Å². The van der Waals surface area contributed by atoms with Crippen LogP contribution >= 0.6 is 0 Å². The van der Waals surface area contributed by atoms with Gasteiger partial charge in [0.05, 0.1) is 10.9 Å². The van der Waals surface area contributed by atoms with E-state index in [9.17, 15) is 8.42 Å². The van der Waals surface area contributed by atoms with Gasteiger partial charge < -0.3 is 0 Å². The maximum atomic E-state index is 13.0. The Labute approximate surface area is 148 Å². The molecule has 124 valence electrons. The van der Waals surface area contributed by atoms with Crippen molar-refractivity contribution in [2.24, 2.45) is 0 Å². The average Bonchev–Trinajstić information content (AvgIpc) is 3.37. The van der Waals surface area contributed by atoms with E-state index in [0.29, 0.717) is 0 Å². The maximum absolute atomic E-state index is 13.0. The van der Waals surface area contributed by atoms with Crippen molar-refractivity contribution in [2.75, 3.05) is 0 Å². The fraction of sp³-hybridized carbons (Fsp3) is 0.143. The van der Waals surface area contributed by atoms with Crippen LogP contribution in [0.4, 0.5) is 0 Å².